The maximum atomic E-state index is 12.4. The fraction of sp³-hybridized carbons (Fsp3) is 0.389. The third-order valence-corrected chi connectivity index (χ3v) is 6.50. The second-order valence-corrected chi connectivity index (χ2v) is 9.49. The summed E-state index contributed by atoms with van der Waals surface area (Å²) in [6, 6.07) is 6.68. The predicted molar refractivity (Wildman–Crippen MR) is 106 cm³/mol. The normalized spacial score (nSPS) is 19.7. The van der Waals surface area contributed by atoms with Crippen LogP contribution >= 0.6 is 11.6 Å². The Morgan fingerprint density at radius 1 is 1.21 bits per heavy atom. The number of aromatic nitrogens is 2. The number of fused-ring (bicyclic) bond motifs is 1. The van der Waals surface area contributed by atoms with Gasteiger partial charge >= 0.3 is 11.8 Å². The summed E-state index contributed by atoms with van der Waals surface area (Å²) in [5.74, 6) is -2.01. The third kappa shape index (κ3) is 4.29. The van der Waals surface area contributed by atoms with Crippen LogP contribution in [-0.4, -0.2) is 49.3 Å². The Labute approximate surface area is 172 Å². The van der Waals surface area contributed by atoms with E-state index in [1.165, 1.54) is 4.68 Å². The number of nitrogens with zero attached hydrogens (tertiary/aromatic N) is 2. The first-order chi connectivity index (χ1) is 13.8. The molecule has 4 rings (SSSR count). The number of benzene rings is 1. The Balaban J connectivity index is 1.57. The molecule has 1 fully saturated rings. The van der Waals surface area contributed by atoms with Crippen LogP contribution in [0.4, 0.5) is 5.82 Å². The van der Waals surface area contributed by atoms with Gasteiger partial charge in [0, 0.05) is 23.7 Å². The van der Waals surface area contributed by atoms with Crippen molar-refractivity contribution in [2.45, 2.75) is 30.5 Å². The van der Waals surface area contributed by atoms with Gasteiger partial charge in [0.05, 0.1) is 29.0 Å². The van der Waals surface area contributed by atoms with Gasteiger partial charge in [-0.2, -0.15) is 5.10 Å². The van der Waals surface area contributed by atoms with Crippen molar-refractivity contribution in [1.29, 1.82) is 0 Å². The van der Waals surface area contributed by atoms with E-state index < -0.39 is 21.7 Å². The number of ether oxygens (including phenoxy) is 1. The van der Waals surface area contributed by atoms with Crippen molar-refractivity contribution in [2.24, 2.45) is 0 Å². The van der Waals surface area contributed by atoms with Crippen LogP contribution in [0.3, 0.4) is 0 Å². The maximum absolute atomic E-state index is 12.4. The number of anilines is 1. The summed E-state index contributed by atoms with van der Waals surface area (Å²) in [5.41, 5.74) is 1.33. The quantitative estimate of drug-likeness (QED) is 0.692. The molecule has 2 aliphatic heterocycles. The number of sulfone groups is 1. The molecule has 0 saturated carbocycles. The molecule has 2 aliphatic rings. The Hall–Kier alpha value is -2.43. The monoisotopic (exact) mass is 438 g/mol. The van der Waals surface area contributed by atoms with Crippen molar-refractivity contribution in [3.63, 3.8) is 0 Å². The number of rotatable bonds is 4. The third-order valence-electron chi connectivity index (χ3n) is 4.81. The summed E-state index contributed by atoms with van der Waals surface area (Å²) < 4.78 is 30.8. The molecule has 1 aromatic carbocycles. The second-order valence-electron chi connectivity index (χ2n) is 6.99. The molecule has 154 valence electrons. The molecule has 3 heterocycles. The van der Waals surface area contributed by atoms with Crippen molar-refractivity contribution in [2.75, 3.05) is 18.5 Å². The van der Waals surface area contributed by atoms with E-state index in [1.54, 1.807) is 24.3 Å². The van der Waals surface area contributed by atoms with Crippen LogP contribution in [0.1, 0.15) is 24.1 Å². The van der Waals surface area contributed by atoms with Gasteiger partial charge in [0.2, 0.25) is 0 Å². The van der Waals surface area contributed by atoms with E-state index in [-0.39, 0.29) is 30.0 Å². The number of carbonyl (C=O) groups is 2. The van der Waals surface area contributed by atoms with E-state index in [0.29, 0.717) is 28.6 Å². The lowest BCUT2D eigenvalue weighted by Gasteiger charge is -2.13. The molecule has 2 amide bonds. The molecule has 1 atom stereocenters. The molecule has 11 heteroatoms. The average molecular weight is 439 g/mol. The molecule has 0 radical (unpaired) electrons. The Morgan fingerprint density at radius 3 is 2.66 bits per heavy atom. The highest BCUT2D eigenvalue weighted by Gasteiger charge is 2.34. The summed E-state index contributed by atoms with van der Waals surface area (Å²) in [6.45, 7) is 0.892. The van der Waals surface area contributed by atoms with Crippen LogP contribution in [-0.2, 0) is 35.7 Å². The van der Waals surface area contributed by atoms with Gasteiger partial charge in [0.1, 0.15) is 5.82 Å². The van der Waals surface area contributed by atoms with Crippen molar-refractivity contribution < 1.29 is 22.7 Å². The summed E-state index contributed by atoms with van der Waals surface area (Å²) >= 11 is 5.92. The highest BCUT2D eigenvalue weighted by molar-refractivity contribution is 7.90. The minimum atomic E-state index is -3.33. The number of carbonyl (C=O) groups excluding carboxylic acids is 2. The lowest BCUT2D eigenvalue weighted by molar-refractivity contribution is -0.136. The highest BCUT2D eigenvalue weighted by atomic mass is 35.5. The van der Waals surface area contributed by atoms with Crippen molar-refractivity contribution in [1.82, 2.24) is 15.1 Å². The van der Waals surface area contributed by atoms with Gasteiger partial charge in [-0.1, -0.05) is 11.6 Å². The van der Waals surface area contributed by atoms with E-state index in [0.717, 1.165) is 12.8 Å². The van der Waals surface area contributed by atoms with Crippen molar-refractivity contribution >= 4 is 39.1 Å². The summed E-state index contributed by atoms with van der Waals surface area (Å²) in [7, 11) is -3.33. The van der Waals surface area contributed by atoms with Crippen molar-refractivity contribution in [3.8, 4) is 5.69 Å². The van der Waals surface area contributed by atoms with Crippen LogP contribution in [0.5, 0.6) is 0 Å². The van der Waals surface area contributed by atoms with Crippen molar-refractivity contribution in [3.05, 3.63) is 40.5 Å². The molecule has 0 spiro atoms. The first-order valence-corrected chi connectivity index (χ1v) is 11.3. The zero-order valence-corrected chi connectivity index (χ0v) is 16.9. The van der Waals surface area contributed by atoms with E-state index in [2.05, 4.69) is 15.7 Å². The van der Waals surface area contributed by atoms with Gasteiger partial charge in [-0.25, -0.2) is 13.1 Å². The lowest BCUT2D eigenvalue weighted by atomic mass is 10.2. The summed E-state index contributed by atoms with van der Waals surface area (Å²) in [6.07, 6.45) is 1.66. The standard InChI is InChI=1S/C18H19ClN4O5S/c19-11-3-5-12(6-4-11)23-16(14-9-29(26,27)10-15(14)22-23)21-18(25)17(24)20-8-13-2-1-7-28-13/h3-6,13H,1-2,7-10H2,(H,20,24)(H,21,25). The first kappa shape index (κ1) is 19.9. The molecule has 1 unspecified atom stereocenters. The molecule has 29 heavy (non-hydrogen) atoms. The van der Waals surface area contributed by atoms with Crippen LogP contribution in [0, 0.1) is 0 Å². The molecule has 0 bridgehead atoms. The van der Waals surface area contributed by atoms with Crippen LogP contribution in [0.2, 0.25) is 5.02 Å². The molecule has 2 N–H and O–H groups in total. The molecule has 9 nitrogen and oxygen atoms in total. The van der Waals surface area contributed by atoms with Gasteiger partial charge in [-0.05, 0) is 37.1 Å². The van der Waals surface area contributed by atoms with E-state index in [9.17, 15) is 18.0 Å². The van der Waals surface area contributed by atoms with Gasteiger partial charge in [-0.15, -0.1) is 0 Å². The number of amides is 2. The van der Waals surface area contributed by atoms with E-state index in [4.69, 9.17) is 16.3 Å². The Morgan fingerprint density at radius 2 is 1.97 bits per heavy atom. The zero-order valence-electron chi connectivity index (χ0n) is 15.4. The fourth-order valence-electron chi connectivity index (χ4n) is 3.40. The topological polar surface area (TPSA) is 119 Å². The summed E-state index contributed by atoms with van der Waals surface area (Å²) in [4.78, 5) is 24.6. The first-order valence-electron chi connectivity index (χ1n) is 9.10. The molecule has 2 aromatic rings. The fourth-order valence-corrected chi connectivity index (χ4v) is 5.02. The molecule has 0 aliphatic carbocycles. The molecule has 1 saturated heterocycles. The van der Waals surface area contributed by atoms with E-state index in [1.807, 2.05) is 0 Å². The Bertz CT molecular complexity index is 1060. The lowest BCUT2D eigenvalue weighted by Crippen LogP contribution is -2.39. The van der Waals surface area contributed by atoms with Gasteiger partial charge in [0.25, 0.3) is 0 Å². The van der Waals surface area contributed by atoms with Gasteiger partial charge in [0.15, 0.2) is 9.84 Å². The number of nitrogens with one attached hydrogen (secondary N) is 2. The highest BCUT2D eigenvalue weighted by Crippen LogP contribution is 2.33. The molecular weight excluding hydrogens is 420 g/mol. The molecular formula is C18H19ClN4O5S. The average Bonchev–Trinajstić information content (AvgIpc) is 3.36. The largest absolute Gasteiger partial charge is 0.376 e. The SMILES string of the molecule is O=C(NCC1CCCO1)C(=O)Nc1c2c(nn1-c1ccc(Cl)cc1)CS(=O)(=O)C2. The van der Waals surface area contributed by atoms with Crippen LogP contribution < -0.4 is 10.6 Å². The second kappa shape index (κ2) is 7.77. The van der Waals surface area contributed by atoms with Gasteiger partial charge in [-0.3, -0.25) is 9.59 Å². The van der Waals surface area contributed by atoms with Crippen LogP contribution in [0.15, 0.2) is 24.3 Å². The minimum Gasteiger partial charge on any atom is -0.376 e. The number of hydrogen-bond donors (Lipinski definition) is 2. The Kier molecular flexibility index (Phi) is 5.32. The zero-order chi connectivity index (χ0) is 20.6. The smallest absolute Gasteiger partial charge is 0.314 e. The van der Waals surface area contributed by atoms with Gasteiger partial charge < -0.3 is 15.4 Å². The number of hydrogen-bond acceptors (Lipinski definition) is 6. The van der Waals surface area contributed by atoms with E-state index >= 15 is 0 Å². The summed E-state index contributed by atoms with van der Waals surface area (Å²) in [5, 5.41) is 9.93. The predicted octanol–water partition coefficient (Wildman–Crippen LogP) is 1.19. The molecule has 1 aromatic heterocycles. The maximum Gasteiger partial charge on any atom is 0.314 e. The minimum absolute atomic E-state index is 0.0965. The number of halogens is 1. The van der Waals surface area contributed by atoms with Crippen LogP contribution in [0.25, 0.3) is 5.69 Å².